The number of esters is 2. The van der Waals surface area contributed by atoms with Gasteiger partial charge in [-0.3, -0.25) is 0 Å². The number of carbonyl (C=O) groups is 2. The zero-order valence-electron chi connectivity index (χ0n) is 16.2. The van der Waals surface area contributed by atoms with Crippen LogP contribution >= 0.6 is 0 Å². The molecule has 0 aromatic heterocycles. The van der Waals surface area contributed by atoms with Gasteiger partial charge in [0.05, 0.1) is 23.9 Å². The first-order chi connectivity index (χ1) is 12.6. The molecule has 4 rings (SSSR count). The molecular weight excluding hydrogens is 352 g/mol. The molecule has 0 bridgehead atoms. The third kappa shape index (κ3) is 2.25. The van der Waals surface area contributed by atoms with E-state index < -0.39 is 34.8 Å². The summed E-state index contributed by atoms with van der Waals surface area (Å²) in [5.74, 6) is -2.85. The Bertz CT molecular complexity index is 770. The smallest absolute Gasteiger partial charge is 0.336 e. The Balaban J connectivity index is 1.81. The molecule has 1 spiro atoms. The van der Waals surface area contributed by atoms with Gasteiger partial charge in [-0.1, -0.05) is 20.4 Å². The number of rotatable bonds is 4. The summed E-state index contributed by atoms with van der Waals surface area (Å²) in [6, 6.07) is 0. The minimum absolute atomic E-state index is 0.0349. The van der Waals surface area contributed by atoms with Gasteiger partial charge in [0.25, 0.3) is 0 Å². The van der Waals surface area contributed by atoms with E-state index in [-0.39, 0.29) is 30.6 Å². The molecule has 27 heavy (non-hydrogen) atoms. The van der Waals surface area contributed by atoms with Crippen molar-refractivity contribution in [2.45, 2.75) is 63.6 Å². The molecule has 6 unspecified atom stereocenters. The second-order valence-electron chi connectivity index (χ2n) is 8.47. The van der Waals surface area contributed by atoms with Crippen molar-refractivity contribution in [2.24, 2.45) is 11.3 Å². The van der Waals surface area contributed by atoms with E-state index in [2.05, 4.69) is 13.5 Å². The average molecular weight is 378 g/mol. The normalized spacial score (nSPS) is 44.8. The Morgan fingerprint density at radius 2 is 2.11 bits per heavy atom. The number of hydrogen-bond acceptors (Lipinski definition) is 7. The van der Waals surface area contributed by atoms with Gasteiger partial charge < -0.3 is 24.1 Å². The predicted octanol–water partition coefficient (Wildman–Crippen LogP) is 1.64. The number of hydrogen-bond donors (Lipinski definition) is 1. The number of methoxy groups -OCH3 is 1. The molecule has 4 aliphatic rings. The van der Waals surface area contributed by atoms with E-state index >= 15 is 0 Å². The zero-order chi connectivity index (χ0) is 19.8. The first-order valence-electron chi connectivity index (χ1n) is 9.33. The molecule has 2 saturated carbocycles. The largest absolute Gasteiger partial charge is 0.453 e. The fourth-order valence-corrected chi connectivity index (χ4v) is 5.41. The van der Waals surface area contributed by atoms with Crippen LogP contribution in [-0.4, -0.2) is 54.4 Å². The molecule has 2 heterocycles. The number of ether oxygens (including phenoxy) is 4. The van der Waals surface area contributed by atoms with E-state index in [4.69, 9.17) is 18.9 Å². The predicted molar refractivity (Wildman–Crippen MR) is 93.4 cm³/mol. The Kier molecular flexibility index (Phi) is 3.91. The Morgan fingerprint density at radius 1 is 1.41 bits per heavy atom. The molecule has 0 aromatic carbocycles. The summed E-state index contributed by atoms with van der Waals surface area (Å²) in [4.78, 5) is 24.9. The number of carbonyl (C=O) groups excluding carboxylic acids is 2. The molecule has 1 saturated heterocycles. The van der Waals surface area contributed by atoms with Crippen LogP contribution in [0.5, 0.6) is 0 Å². The summed E-state index contributed by atoms with van der Waals surface area (Å²) in [6.07, 6.45) is 1.07. The topological polar surface area (TPSA) is 94.6 Å². The molecule has 0 aromatic rings. The van der Waals surface area contributed by atoms with Crippen molar-refractivity contribution in [2.75, 3.05) is 13.7 Å². The van der Waals surface area contributed by atoms with E-state index in [9.17, 15) is 14.7 Å². The Morgan fingerprint density at radius 3 is 2.78 bits per heavy atom. The molecule has 7 nitrogen and oxygen atoms in total. The van der Waals surface area contributed by atoms with Crippen molar-refractivity contribution in [3.05, 3.63) is 23.3 Å². The number of aliphatic hydroxyl groups is 1. The summed E-state index contributed by atoms with van der Waals surface area (Å²) in [7, 11) is 1.47. The summed E-state index contributed by atoms with van der Waals surface area (Å²) < 4.78 is 22.3. The van der Waals surface area contributed by atoms with Crippen LogP contribution in [-0.2, 0) is 28.5 Å². The highest BCUT2D eigenvalue weighted by molar-refractivity contribution is 5.93. The van der Waals surface area contributed by atoms with E-state index in [1.54, 1.807) is 6.92 Å². The number of epoxide rings is 1. The third-order valence-electron chi connectivity index (χ3n) is 7.15. The van der Waals surface area contributed by atoms with Crippen LogP contribution < -0.4 is 0 Å². The molecule has 0 amide bonds. The maximum Gasteiger partial charge on any atom is 0.336 e. The highest BCUT2D eigenvalue weighted by atomic mass is 16.7. The highest BCUT2D eigenvalue weighted by Gasteiger charge is 2.80. The van der Waals surface area contributed by atoms with Gasteiger partial charge in [0.1, 0.15) is 11.7 Å². The Hall–Kier alpha value is -1.70. The van der Waals surface area contributed by atoms with Crippen molar-refractivity contribution in [3.63, 3.8) is 0 Å². The Labute approximate surface area is 158 Å². The van der Waals surface area contributed by atoms with Gasteiger partial charge in [-0.15, -0.1) is 0 Å². The fraction of sp³-hybridized carbons (Fsp3) is 0.700. The summed E-state index contributed by atoms with van der Waals surface area (Å²) in [6.45, 7) is 9.48. The quantitative estimate of drug-likeness (QED) is 0.451. The summed E-state index contributed by atoms with van der Waals surface area (Å²) >= 11 is 0. The van der Waals surface area contributed by atoms with Gasteiger partial charge in [-0.25, -0.2) is 9.59 Å². The van der Waals surface area contributed by atoms with Gasteiger partial charge >= 0.3 is 11.9 Å². The second-order valence-corrected chi connectivity index (χ2v) is 8.47. The SMILES string of the molecule is C=C(COC)C(=O)OC1C2=C(C)C(=O)OC2(O)CC23OC2CCC(C)C13C. The van der Waals surface area contributed by atoms with Crippen molar-refractivity contribution < 1.29 is 33.6 Å². The van der Waals surface area contributed by atoms with Crippen molar-refractivity contribution in [1.29, 1.82) is 0 Å². The van der Waals surface area contributed by atoms with Crippen molar-refractivity contribution in [1.82, 2.24) is 0 Å². The van der Waals surface area contributed by atoms with Crippen LogP contribution in [0.15, 0.2) is 23.3 Å². The first-order valence-corrected chi connectivity index (χ1v) is 9.33. The van der Waals surface area contributed by atoms with Gasteiger partial charge in [0.2, 0.25) is 5.79 Å². The molecule has 2 aliphatic heterocycles. The summed E-state index contributed by atoms with van der Waals surface area (Å²) in [5.41, 5.74) is -0.470. The van der Waals surface area contributed by atoms with Crippen LogP contribution in [0.4, 0.5) is 0 Å². The molecule has 7 heteroatoms. The van der Waals surface area contributed by atoms with Crippen LogP contribution in [0.2, 0.25) is 0 Å². The molecular formula is C20H26O7. The first kappa shape index (κ1) is 18.7. The molecule has 6 atom stereocenters. The van der Waals surface area contributed by atoms with Crippen LogP contribution in [0.25, 0.3) is 0 Å². The monoisotopic (exact) mass is 378 g/mol. The van der Waals surface area contributed by atoms with E-state index in [0.29, 0.717) is 11.1 Å². The lowest BCUT2D eigenvalue weighted by atomic mass is 9.51. The van der Waals surface area contributed by atoms with E-state index in [1.165, 1.54) is 7.11 Å². The molecule has 148 valence electrons. The minimum Gasteiger partial charge on any atom is -0.453 e. The van der Waals surface area contributed by atoms with Crippen LogP contribution in [0.1, 0.15) is 40.0 Å². The van der Waals surface area contributed by atoms with Gasteiger partial charge in [0.15, 0.2) is 0 Å². The summed E-state index contributed by atoms with van der Waals surface area (Å²) in [5, 5.41) is 11.2. The zero-order valence-corrected chi connectivity index (χ0v) is 16.2. The van der Waals surface area contributed by atoms with Gasteiger partial charge in [-0.05, 0) is 25.7 Å². The van der Waals surface area contributed by atoms with E-state index in [1.807, 2.05) is 6.92 Å². The molecule has 2 aliphatic carbocycles. The lowest BCUT2D eigenvalue weighted by Crippen LogP contribution is -2.64. The van der Waals surface area contributed by atoms with Gasteiger partial charge in [0, 0.05) is 24.5 Å². The second kappa shape index (κ2) is 5.65. The standard InChI is InChI=1S/C20H26O7/c1-10(8-24-5)16(21)25-15-14-12(3)17(22)27-20(14,23)9-19-13(26-19)7-6-11(2)18(15,19)4/h11,13,15,23H,1,6-9H2,2-5H3. The maximum absolute atomic E-state index is 12.7. The lowest BCUT2D eigenvalue weighted by molar-refractivity contribution is -0.225. The van der Waals surface area contributed by atoms with Crippen molar-refractivity contribution in [3.8, 4) is 0 Å². The molecule has 3 fully saturated rings. The van der Waals surface area contributed by atoms with Crippen molar-refractivity contribution >= 4 is 11.9 Å². The van der Waals surface area contributed by atoms with Crippen LogP contribution in [0.3, 0.4) is 0 Å². The molecule has 0 radical (unpaired) electrons. The highest BCUT2D eigenvalue weighted by Crippen LogP contribution is 2.70. The third-order valence-corrected chi connectivity index (χ3v) is 7.15. The molecule has 1 N–H and O–H groups in total. The fourth-order valence-electron chi connectivity index (χ4n) is 5.41. The van der Waals surface area contributed by atoms with Gasteiger partial charge in [-0.2, -0.15) is 0 Å². The van der Waals surface area contributed by atoms with Crippen LogP contribution in [0, 0.1) is 11.3 Å². The van der Waals surface area contributed by atoms with E-state index in [0.717, 1.165) is 12.8 Å². The minimum atomic E-state index is -1.81. The average Bonchev–Trinajstić information content (AvgIpc) is 3.25. The lowest BCUT2D eigenvalue weighted by Gasteiger charge is -2.54. The maximum atomic E-state index is 12.7. The number of fused-ring (bicyclic) bond motifs is 1.